The highest BCUT2D eigenvalue weighted by atomic mass is 32.1. The Bertz CT molecular complexity index is 1620. The average molecular weight is 487 g/mol. The number of carbonyl (C=O) groups excluding carboxylic acids is 2. The van der Waals surface area contributed by atoms with E-state index in [9.17, 15) is 14.4 Å². The number of para-hydroxylation sites is 1. The number of anilines is 1. The van der Waals surface area contributed by atoms with Gasteiger partial charge >= 0.3 is 0 Å². The second-order valence-electron chi connectivity index (χ2n) is 8.41. The molecule has 0 aliphatic rings. The predicted octanol–water partition coefficient (Wildman–Crippen LogP) is 4.42. The van der Waals surface area contributed by atoms with E-state index in [1.54, 1.807) is 19.1 Å². The maximum atomic E-state index is 13.2. The number of nitrogens with one attached hydrogen (secondary N) is 3. The summed E-state index contributed by atoms with van der Waals surface area (Å²) in [5.41, 5.74) is 2.52. The van der Waals surface area contributed by atoms with Crippen LogP contribution in [0.3, 0.4) is 0 Å². The molecule has 0 aliphatic heterocycles. The van der Waals surface area contributed by atoms with Crippen LogP contribution in [-0.2, 0) is 4.79 Å². The van der Waals surface area contributed by atoms with Crippen molar-refractivity contribution in [2.75, 3.05) is 5.32 Å². The van der Waals surface area contributed by atoms with Crippen LogP contribution >= 0.6 is 11.3 Å². The number of aromatic nitrogens is 5. The topological polar surface area (TPSA) is 126 Å². The Morgan fingerprint density at radius 1 is 1.09 bits per heavy atom. The lowest BCUT2D eigenvalue weighted by molar-refractivity contribution is -0.112. The summed E-state index contributed by atoms with van der Waals surface area (Å²) in [5.74, 6) is -1.13. The summed E-state index contributed by atoms with van der Waals surface area (Å²) < 4.78 is 1.34. The van der Waals surface area contributed by atoms with Gasteiger partial charge in [-0.05, 0) is 30.4 Å². The number of hydrogen-bond donors (Lipinski definition) is 3. The first-order valence-corrected chi connectivity index (χ1v) is 11.9. The fourth-order valence-electron chi connectivity index (χ4n) is 3.89. The number of rotatable bonds is 6. The van der Waals surface area contributed by atoms with Crippen molar-refractivity contribution in [1.29, 1.82) is 0 Å². The third-order valence-electron chi connectivity index (χ3n) is 5.59. The molecule has 0 saturated carbocycles. The van der Waals surface area contributed by atoms with Crippen molar-refractivity contribution in [1.82, 2.24) is 24.7 Å². The monoisotopic (exact) mass is 486 g/mol. The molecule has 0 spiro atoms. The van der Waals surface area contributed by atoms with Gasteiger partial charge in [0, 0.05) is 28.7 Å². The van der Waals surface area contributed by atoms with Gasteiger partial charge in [-0.1, -0.05) is 38.1 Å². The molecule has 1 aromatic carbocycles. The molecule has 0 atom stereocenters. The quantitative estimate of drug-likeness (QED) is 0.242. The van der Waals surface area contributed by atoms with Crippen LogP contribution in [0.5, 0.6) is 0 Å². The first-order chi connectivity index (χ1) is 16.8. The fourth-order valence-corrected chi connectivity index (χ4v) is 4.57. The summed E-state index contributed by atoms with van der Waals surface area (Å²) in [4.78, 5) is 49.8. The average Bonchev–Trinajstić information content (AvgIpc) is 3.56. The smallest absolute Gasteiger partial charge is 0.298 e. The van der Waals surface area contributed by atoms with Crippen molar-refractivity contribution in [3.8, 4) is 16.5 Å². The Labute approximate surface area is 203 Å². The van der Waals surface area contributed by atoms with Gasteiger partial charge in [-0.15, -0.1) is 11.3 Å². The molecule has 0 aliphatic carbocycles. The first-order valence-electron chi connectivity index (χ1n) is 11.0. The number of Topliss-reactive ketones (excluding diaryl/α,β-unsaturated/α-hetero) is 1. The van der Waals surface area contributed by atoms with Gasteiger partial charge in [0.2, 0.25) is 5.95 Å². The lowest BCUT2D eigenvalue weighted by atomic mass is 10.1. The number of thiophene rings is 1. The van der Waals surface area contributed by atoms with Gasteiger partial charge in [-0.25, -0.2) is 4.98 Å². The summed E-state index contributed by atoms with van der Waals surface area (Å²) in [7, 11) is 0. The number of amides is 1. The van der Waals surface area contributed by atoms with E-state index in [0.717, 1.165) is 10.4 Å². The van der Waals surface area contributed by atoms with E-state index in [4.69, 9.17) is 0 Å². The minimum absolute atomic E-state index is 0.00726. The van der Waals surface area contributed by atoms with Crippen LogP contribution < -0.4 is 10.9 Å². The number of hydrogen-bond acceptors (Lipinski definition) is 6. The molecular weight excluding hydrogens is 464 g/mol. The van der Waals surface area contributed by atoms with Gasteiger partial charge in [0.05, 0.1) is 16.1 Å². The summed E-state index contributed by atoms with van der Waals surface area (Å²) in [6, 6.07) is 14.2. The van der Waals surface area contributed by atoms with Gasteiger partial charge < -0.3 is 10.3 Å². The Morgan fingerprint density at radius 2 is 1.89 bits per heavy atom. The zero-order chi connectivity index (χ0) is 24.7. The molecule has 0 saturated heterocycles. The van der Waals surface area contributed by atoms with E-state index >= 15 is 0 Å². The molecule has 9 nitrogen and oxygen atoms in total. The lowest BCUT2D eigenvalue weighted by Gasteiger charge is -2.10. The first kappa shape index (κ1) is 22.5. The van der Waals surface area contributed by atoms with Crippen molar-refractivity contribution in [3.05, 3.63) is 81.2 Å². The van der Waals surface area contributed by atoms with Crippen LogP contribution in [0.25, 0.3) is 27.4 Å². The Kier molecular flexibility index (Phi) is 5.65. The molecule has 10 heteroatoms. The van der Waals surface area contributed by atoms with Crippen molar-refractivity contribution in [2.24, 2.45) is 0 Å². The number of H-pyrrole nitrogens is 2. The number of aromatic amines is 2. The van der Waals surface area contributed by atoms with Crippen LogP contribution in [0, 0.1) is 6.92 Å². The van der Waals surface area contributed by atoms with Gasteiger partial charge in [-0.3, -0.25) is 19.4 Å². The molecule has 4 aromatic heterocycles. The van der Waals surface area contributed by atoms with Gasteiger partial charge in [-0.2, -0.15) is 9.78 Å². The van der Waals surface area contributed by atoms with Crippen LogP contribution in [0.2, 0.25) is 0 Å². The minimum Gasteiger partial charge on any atom is -0.358 e. The van der Waals surface area contributed by atoms with E-state index in [-0.39, 0.29) is 23.2 Å². The normalized spacial score (nSPS) is 11.3. The Balaban J connectivity index is 1.56. The second-order valence-corrected chi connectivity index (χ2v) is 9.35. The third kappa shape index (κ3) is 4.19. The number of fused-ring (bicyclic) bond motifs is 1. The minimum atomic E-state index is -0.820. The summed E-state index contributed by atoms with van der Waals surface area (Å²) >= 11 is 1.48. The molecule has 5 aromatic rings. The molecule has 5 rings (SSSR count). The van der Waals surface area contributed by atoms with Crippen LogP contribution in [0.1, 0.15) is 41.5 Å². The fraction of sp³-hybridized carbons (Fsp3) is 0.160. The number of carbonyl (C=O) groups is 2. The molecule has 0 radical (unpaired) electrons. The van der Waals surface area contributed by atoms with Gasteiger partial charge in [0.15, 0.2) is 0 Å². The van der Waals surface area contributed by atoms with Crippen molar-refractivity contribution >= 4 is 39.7 Å². The number of nitrogens with zero attached hydrogens (tertiary/aromatic N) is 3. The predicted molar refractivity (Wildman–Crippen MR) is 135 cm³/mol. The molecule has 0 bridgehead atoms. The molecular formula is C25H22N6O3S. The van der Waals surface area contributed by atoms with Gasteiger partial charge in [0.1, 0.15) is 11.5 Å². The van der Waals surface area contributed by atoms with E-state index in [1.165, 1.54) is 22.1 Å². The molecule has 35 heavy (non-hydrogen) atoms. The molecule has 4 heterocycles. The van der Waals surface area contributed by atoms with E-state index in [2.05, 4.69) is 25.4 Å². The summed E-state index contributed by atoms with van der Waals surface area (Å²) in [5, 5.41) is 9.84. The standard InChI is InChI=1S/C25H22N6O3S/c1-13(2)17-12-21(32)29-25(27-17)31-20(11-18(30-31)19-9-6-10-35-19)28-24(34)23(33)22-14(3)26-16-8-5-4-7-15(16)22/h4-13,26H,1-3H3,(H,28,34)(H,27,29,32). The highest BCUT2D eigenvalue weighted by Crippen LogP contribution is 2.28. The number of benzene rings is 1. The Hall–Kier alpha value is -4.31. The van der Waals surface area contributed by atoms with Crippen molar-refractivity contribution < 1.29 is 9.59 Å². The maximum Gasteiger partial charge on any atom is 0.298 e. The highest BCUT2D eigenvalue weighted by Gasteiger charge is 2.25. The highest BCUT2D eigenvalue weighted by molar-refractivity contribution is 7.13. The van der Waals surface area contributed by atoms with E-state index in [0.29, 0.717) is 28.0 Å². The molecule has 0 unspecified atom stereocenters. The number of ketones is 1. The molecule has 0 fully saturated rings. The second kappa shape index (κ2) is 8.80. The summed E-state index contributed by atoms with van der Waals surface area (Å²) in [6.45, 7) is 5.61. The van der Waals surface area contributed by atoms with Crippen LogP contribution in [0.15, 0.2) is 58.7 Å². The SMILES string of the molecule is Cc1[nH]c2ccccc2c1C(=O)C(=O)Nc1cc(-c2cccs2)nn1-c1nc(C(C)C)cc(=O)[nH]1. The largest absolute Gasteiger partial charge is 0.358 e. The summed E-state index contributed by atoms with van der Waals surface area (Å²) in [6.07, 6.45) is 0. The van der Waals surface area contributed by atoms with Crippen molar-refractivity contribution in [3.63, 3.8) is 0 Å². The van der Waals surface area contributed by atoms with Gasteiger partial charge in [0.25, 0.3) is 17.2 Å². The number of aryl methyl sites for hydroxylation is 1. The molecule has 176 valence electrons. The lowest BCUT2D eigenvalue weighted by Crippen LogP contribution is -2.25. The third-order valence-corrected chi connectivity index (χ3v) is 6.48. The van der Waals surface area contributed by atoms with Crippen LogP contribution in [0.4, 0.5) is 5.82 Å². The van der Waals surface area contributed by atoms with Crippen molar-refractivity contribution in [2.45, 2.75) is 26.7 Å². The zero-order valence-electron chi connectivity index (χ0n) is 19.2. The molecule has 3 N–H and O–H groups in total. The maximum absolute atomic E-state index is 13.2. The van der Waals surface area contributed by atoms with Crippen LogP contribution in [-0.4, -0.2) is 36.4 Å². The van der Waals surface area contributed by atoms with E-state index in [1.807, 2.05) is 49.6 Å². The Morgan fingerprint density at radius 3 is 2.63 bits per heavy atom. The zero-order valence-corrected chi connectivity index (χ0v) is 20.1. The van der Waals surface area contributed by atoms with E-state index < -0.39 is 11.7 Å². The molecule has 1 amide bonds.